The normalized spacial score (nSPS) is 24.8. The molecule has 0 radical (unpaired) electrons. The third-order valence-electron chi connectivity index (χ3n) is 5.68. The van der Waals surface area contributed by atoms with Crippen LogP contribution in [0.3, 0.4) is 0 Å². The van der Waals surface area contributed by atoms with Gasteiger partial charge in [0.15, 0.2) is 0 Å². The highest BCUT2D eigenvalue weighted by molar-refractivity contribution is 6.30. The standard InChI is InChI=1S/C20H27ClN2O2/c1-14-4-2-3-5-18(14)22-19(24)15-10-12-23(13-11-15)20(25)16-6-8-17(21)9-7-16/h6-9,14-15,18H,2-5,10-13H2,1H3,(H,22,24)/t14-,18-/m0/s1. The first-order valence-electron chi connectivity index (χ1n) is 9.40. The summed E-state index contributed by atoms with van der Waals surface area (Å²) in [6.45, 7) is 3.51. The summed E-state index contributed by atoms with van der Waals surface area (Å²) in [6.07, 6.45) is 6.28. The van der Waals surface area contributed by atoms with E-state index in [-0.39, 0.29) is 17.7 Å². The smallest absolute Gasteiger partial charge is 0.253 e. The maximum Gasteiger partial charge on any atom is 0.253 e. The highest BCUT2D eigenvalue weighted by Crippen LogP contribution is 2.25. The lowest BCUT2D eigenvalue weighted by Gasteiger charge is -2.34. The second kappa shape index (κ2) is 8.22. The molecule has 2 atom stereocenters. The Morgan fingerprint density at radius 1 is 1.04 bits per heavy atom. The van der Waals surface area contributed by atoms with Gasteiger partial charge < -0.3 is 10.2 Å². The Bertz CT molecular complexity index is 609. The van der Waals surface area contributed by atoms with Crippen LogP contribution in [-0.4, -0.2) is 35.8 Å². The molecule has 5 heteroatoms. The highest BCUT2D eigenvalue weighted by Gasteiger charge is 2.30. The Morgan fingerprint density at radius 3 is 2.32 bits per heavy atom. The molecule has 1 aromatic rings. The Morgan fingerprint density at radius 2 is 1.68 bits per heavy atom. The number of amides is 2. The van der Waals surface area contributed by atoms with Crippen molar-refractivity contribution in [3.05, 3.63) is 34.9 Å². The minimum atomic E-state index is 0.0245. The Balaban J connectivity index is 1.50. The van der Waals surface area contributed by atoms with Crippen LogP contribution in [0.15, 0.2) is 24.3 Å². The summed E-state index contributed by atoms with van der Waals surface area (Å²) in [7, 11) is 0. The van der Waals surface area contributed by atoms with Crippen LogP contribution in [-0.2, 0) is 4.79 Å². The lowest BCUT2D eigenvalue weighted by Crippen LogP contribution is -2.47. The third kappa shape index (κ3) is 4.55. The summed E-state index contributed by atoms with van der Waals surface area (Å²) in [4.78, 5) is 26.9. The van der Waals surface area contributed by atoms with E-state index in [1.165, 1.54) is 19.3 Å². The highest BCUT2D eigenvalue weighted by atomic mass is 35.5. The summed E-state index contributed by atoms with van der Waals surface area (Å²) in [6, 6.07) is 7.32. The second-order valence-corrected chi connectivity index (χ2v) is 7.89. The first kappa shape index (κ1) is 18.2. The van der Waals surface area contributed by atoms with Gasteiger partial charge in [-0.1, -0.05) is 31.4 Å². The molecule has 136 valence electrons. The number of nitrogens with one attached hydrogen (secondary N) is 1. The van der Waals surface area contributed by atoms with E-state index in [0.717, 1.165) is 19.3 Å². The van der Waals surface area contributed by atoms with E-state index < -0.39 is 0 Å². The molecule has 1 saturated carbocycles. The van der Waals surface area contributed by atoms with Crippen LogP contribution in [0.1, 0.15) is 55.8 Å². The molecule has 2 amide bonds. The van der Waals surface area contributed by atoms with Crippen molar-refractivity contribution in [3.8, 4) is 0 Å². The van der Waals surface area contributed by atoms with Crippen LogP contribution >= 0.6 is 11.6 Å². The molecule has 25 heavy (non-hydrogen) atoms. The number of carbonyl (C=O) groups excluding carboxylic acids is 2. The SMILES string of the molecule is C[C@H]1CCCC[C@@H]1NC(=O)C1CCN(C(=O)c2ccc(Cl)cc2)CC1. The van der Waals surface area contributed by atoms with Gasteiger partial charge in [-0.3, -0.25) is 9.59 Å². The van der Waals surface area contributed by atoms with Crippen molar-refractivity contribution in [1.29, 1.82) is 0 Å². The van der Waals surface area contributed by atoms with Crippen molar-refractivity contribution in [2.45, 2.75) is 51.5 Å². The van der Waals surface area contributed by atoms with E-state index in [4.69, 9.17) is 11.6 Å². The zero-order valence-electron chi connectivity index (χ0n) is 14.8. The van der Waals surface area contributed by atoms with Gasteiger partial charge in [0.2, 0.25) is 5.91 Å². The Labute approximate surface area is 154 Å². The lowest BCUT2D eigenvalue weighted by molar-refractivity contribution is -0.127. The van der Waals surface area contributed by atoms with Crippen molar-refractivity contribution < 1.29 is 9.59 Å². The molecule has 4 nitrogen and oxygen atoms in total. The molecule has 1 heterocycles. The Hall–Kier alpha value is -1.55. The number of benzene rings is 1. The summed E-state index contributed by atoms with van der Waals surface area (Å²) in [5, 5.41) is 3.89. The predicted molar refractivity (Wildman–Crippen MR) is 99.6 cm³/mol. The molecular weight excluding hydrogens is 336 g/mol. The van der Waals surface area contributed by atoms with Crippen LogP contribution in [0.5, 0.6) is 0 Å². The molecular formula is C20H27ClN2O2. The molecule has 0 unspecified atom stereocenters. The van der Waals surface area contributed by atoms with Gasteiger partial charge in [-0.25, -0.2) is 0 Å². The number of likely N-dealkylation sites (tertiary alicyclic amines) is 1. The maximum absolute atomic E-state index is 12.6. The van der Waals surface area contributed by atoms with Crippen molar-refractivity contribution >= 4 is 23.4 Å². The minimum absolute atomic E-state index is 0.0245. The molecule has 1 aromatic carbocycles. The van der Waals surface area contributed by atoms with Crippen LogP contribution in [0.4, 0.5) is 0 Å². The fourth-order valence-corrected chi connectivity index (χ4v) is 4.08. The first-order chi connectivity index (χ1) is 12.0. The largest absolute Gasteiger partial charge is 0.353 e. The van der Waals surface area contributed by atoms with Gasteiger partial charge in [-0.05, 0) is 55.9 Å². The molecule has 2 aliphatic rings. The summed E-state index contributed by atoms with van der Waals surface area (Å²) in [5.74, 6) is 0.807. The van der Waals surface area contributed by atoms with Gasteiger partial charge in [0.1, 0.15) is 0 Å². The van der Waals surface area contributed by atoms with E-state index >= 15 is 0 Å². The molecule has 1 aliphatic carbocycles. The summed E-state index contributed by atoms with van der Waals surface area (Å²) < 4.78 is 0. The molecule has 1 aliphatic heterocycles. The van der Waals surface area contributed by atoms with E-state index in [2.05, 4.69) is 12.2 Å². The van der Waals surface area contributed by atoms with E-state index in [0.29, 0.717) is 35.6 Å². The molecule has 0 aromatic heterocycles. The molecule has 0 bridgehead atoms. The van der Waals surface area contributed by atoms with Gasteiger partial charge in [0, 0.05) is 35.6 Å². The van der Waals surface area contributed by atoms with Crippen LogP contribution in [0.25, 0.3) is 0 Å². The number of halogens is 1. The van der Waals surface area contributed by atoms with Gasteiger partial charge in [-0.2, -0.15) is 0 Å². The minimum Gasteiger partial charge on any atom is -0.353 e. The fraction of sp³-hybridized carbons (Fsp3) is 0.600. The molecule has 0 spiro atoms. The lowest BCUT2D eigenvalue weighted by atomic mass is 9.85. The van der Waals surface area contributed by atoms with Gasteiger partial charge in [0.25, 0.3) is 5.91 Å². The van der Waals surface area contributed by atoms with Crippen LogP contribution in [0.2, 0.25) is 5.02 Å². The average molecular weight is 363 g/mol. The fourth-order valence-electron chi connectivity index (χ4n) is 3.95. The van der Waals surface area contributed by atoms with Gasteiger partial charge in [0.05, 0.1) is 0 Å². The van der Waals surface area contributed by atoms with Gasteiger partial charge >= 0.3 is 0 Å². The second-order valence-electron chi connectivity index (χ2n) is 7.45. The molecule has 2 fully saturated rings. The van der Waals surface area contributed by atoms with E-state index in [9.17, 15) is 9.59 Å². The topological polar surface area (TPSA) is 49.4 Å². The van der Waals surface area contributed by atoms with E-state index in [1.807, 2.05) is 4.90 Å². The number of nitrogens with zero attached hydrogens (tertiary/aromatic N) is 1. The van der Waals surface area contributed by atoms with Gasteiger partial charge in [-0.15, -0.1) is 0 Å². The molecule has 1 saturated heterocycles. The quantitative estimate of drug-likeness (QED) is 0.886. The Kier molecular flexibility index (Phi) is 6.00. The molecule has 3 rings (SSSR count). The maximum atomic E-state index is 12.6. The predicted octanol–water partition coefficient (Wildman–Crippen LogP) is 3.89. The third-order valence-corrected chi connectivity index (χ3v) is 5.94. The van der Waals surface area contributed by atoms with Crippen molar-refractivity contribution in [2.75, 3.05) is 13.1 Å². The number of hydrogen-bond donors (Lipinski definition) is 1. The first-order valence-corrected chi connectivity index (χ1v) is 9.77. The number of rotatable bonds is 3. The van der Waals surface area contributed by atoms with E-state index in [1.54, 1.807) is 24.3 Å². The van der Waals surface area contributed by atoms with Crippen molar-refractivity contribution in [2.24, 2.45) is 11.8 Å². The zero-order chi connectivity index (χ0) is 17.8. The van der Waals surface area contributed by atoms with Crippen LogP contribution in [0, 0.1) is 11.8 Å². The summed E-state index contributed by atoms with van der Waals surface area (Å²) >= 11 is 5.88. The number of carbonyl (C=O) groups is 2. The number of hydrogen-bond acceptors (Lipinski definition) is 2. The van der Waals surface area contributed by atoms with Crippen molar-refractivity contribution in [3.63, 3.8) is 0 Å². The van der Waals surface area contributed by atoms with Crippen LogP contribution < -0.4 is 5.32 Å². The summed E-state index contributed by atoms with van der Waals surface area (Å²) in [5.41, 5.74) is 0.656. The average Bonchev–Trinajstić information content (AvgIpc) is 2.64. The zero-order valence-corrected chi connectivity index (χ0v) is 15.6. The van der Waals surface area contributed by atoms with Crippen molar-refractivity contribution in [1.82, 2.24) is 10.2 Å². The number of piperidine rings is 1. The molecule has 1 N–H and O–H groups in total. The monoisotopic (exact) mass is 362 g/mol.